The lowest BCUT2D eigenvalue weighted by atomic mass is 10.1. The van der Waals surface area contributed by atoms with Crippen LogP contribution in [0.15, 0.2) is 35.4 Å². The molecule has 1 aliphatic rings. The third-order valence-corrected chi connectivity index (χ3v) is 6.54. The molecule has 0 unspecified atom stereocenters. The van der Waals surface area contributed by atoms with E-state index in [4.69, 9.17) is 0 Å². The number of nitrogens with one attached hydrogen (secondary N) is 1. The van der Waals surface area contributed by atoms with E-state index in [2.05, 4.69) is 10.3 Å². The van der Waals surface area contributed by atoms with Gasteiger partial charge in [0.05, 0.1) is 5.52 Å². The Morgan fingerprint density at radius 1 is 1.29 bits per heavy atom. The lowest BCUT2D eigenvalue weighted by molar-refractivity contribution is 0.262. The van der Waals surface area contributed by atoms with Crippen molar-refractivity contribution >= 4 is 20.9 Å². The molecule has 1 N–H and O–H groups in total. The Hall–Kier alpha value is -1.50. The molecule has 3 rings (SSSR count). The number of para-hydroxylation sites is 1. The molecule has 1 aromatic carbocycles. The van der Waals surface area contributed by atoms with Crippen molar-refractivity contribution in [3.8, 4) is 0 Å². The zero-order valence-corrected chi connectivity index (χ0v) is 15.1. The van der Waals surface area contributed by atoms with E-state index in [9.17, 15) is 8.42 Å². The molecule has 1 saturated heterocycles. The molecule has 5 nitrogen and oxygen atoms in total. The molecule has 24 heavy (non-hydrogen) atoms. The fourth-order valence-corrected chi connectivity index (χ4v) is 5.34. The summed E-state index contributed by atoms with van der Waals surface area (Å²) in [5.74, 6) is 0. The predicted molar refractivity (Wildman–Crippen MR) is 96.6 cm³/mol. The van der Waals surface area contributed by atoms with Crippen LogP contribution in [0.2, 0.25) is 0 Å². The van der Waals surface area contributed by atoms with Gasteiger partial charge in [-0.2, -0.15) is 4.31 Å². The number of hydrogen-bond donors (Lipinski definition) is 1. The van der Waals surface area contributed by atoms with Gasteiger partial charge in [-0.15, -0.1) is 0 Å². The van der Waals surface area contributed by atoms with Crippen molar-refractivity contribution in [2.75, 3.05) is 19.6 Å². The molecular weight excluding hydrogens is 322 g/mol. The Morgan fingerprint density at radius 2 is 2.04 bits per heavy atom. The van der Waals surface area contributed by atoms with Crippen LogP contribution in [0.5, 0.6) is 0 Å². The lowest BCUT2D eigenvalue weighted by Crippen LogP contribution is -2.46. The summed E-state index contributed by atoms with van der Waals surface area (Å²) in [6.45, 7) is 6.27. The Kier molecular flexibility index (Phi) is 5.18. The van der Waals surface area contributed by atoms with E-state index in [-0.39, 0.29) is 6.04 Å². The second kappa shape index (κ2) is 7.17. The topological polar surface area (TPSA) is 62.3 Å². The van der Waals surface area contributed by atoms with Gasteiger partial charge in [0.25, 0.3) is 0 Å². The van der Waals surface area contributed by atoms with E-state index < -0.39 is 10.0 Å². The number of rotatable bonds is 5. The first-order chi connectivity index (χ1) is 11.5. The molecule has 0 aliphatic carbocycles. The first-order valence-corrected chi connectivity index (χ1v) is 10.1. The average molecular weight is 347 g/mol. The first kappa shape index (κ1) is 17.3. The van der Waals surface area contributed by atoms with Crippen molar-refractivity contribution in [3.05, 3.63) is 36.0 Å². The van der Waals surface area contributed by atoms with Crippen LogP contribution in [0, 0.1) is 6.92 Å². The molecule has 6 heteroatoms. The minimum absolute atomic E-state index is 0.0666. The number of aromatic nitrogens is 1. The van der Waals surface area contributed by atoms with Crippen LogP contribution < -0.4 is 5.32 Å². The van der Waals surface area contributed by atoms with Gasteiger partial charge in [-0.1, -0.05) is 19.1 Å². The Bertz CT molecular complexity index is 814. The molecule has 1 fully saturated rings. The zero-order chi connectivity index (χ0) is 17.2. The second-order valence-corrected chi connectivity index (χ2v) is 8.30. The summed E-state index contributed by atoms with van der Waals surface area (Å²) >= 11 is 0. The van der Waals surface area contributed by atoms with Gasteiger partial charge in [-0.05, 0) is 57.0 Å². The van der Waals surface area contributed by atoms with Crippen molar-refractivity contribution in [1.29, 1.82) is 0 Å². The Morgan fingerprint density at radius 3 is 2.75 bits per heavy atom. The van der Waals surface area contributed by atoms with Gasteiger partial charge in [-0.25, -0.2) is 8.42 Å². The van der Waals surface area contributed by atoms with E-state index in [1.807, 2.05) is 32.0 Å². The van der Waals surface area contributed by atoms with Crippen LogP contribution in [-0.4, -0.2) is 43.4 Å². The van der Waals surface area contributed by atoms with Crippen molar-refractivity contribution in [3.63, 3.8) is 0 Å². The molecule has 0 bridgehead atoms. The maximum absolute atomic E-state index is 13.4. The van der Waals surface area contributed by atoms with Crippen LogP contribution in [0.3, 0.4) is 0 Å². The highest BCUT2D eigenvalue weighted by Gasteiger charge is 2.33. The highest BCUT2D eigenvalue weighted by atomic mass is 32.2. The molecule has 0 radical (unpaired) electrons. The van der Waals surface area contributed by atoms with E-state index in [0.717, 1.165) is 43.3 Å². The summed E-state index contributed by atoms with van der Waals surface area (Å²) in [6.07, 6.45) is 4.25. The number of pyridine rings is 1. The van der Waals surface area contributed by atoms with Gasteiger partial charge in [0, 0.05) is 24.2 Å². The minimum atomic E-state index is -3.56. The normalized spacial score (nSPS) is 16.8. The fraction of sp³-hybridized carbons (Fsp3) is 0.500. The Labute approximate surface area is 144 Å². The van der Waals surface area contributed by atoms with Crippen molar-refractivity contribution in [2.45, 2.75) is 44.0 Å². The number of piperidine rings is 1. The van der Waals surface area contributed by atoms with E-state index >= 15 is 0 Å². The van der Waals surface area contributed by atoms with Crippen molar-refractivity contribution in [1.82, 2.24) is 14.6 Å². The number of nitrogens with zero attached hydrogens (tertiary/aromatic N) is 2. The number of fused-ring (bicyclic) bond motifs is 1. The summed E-state index contributed by atoms with van der Waals surface area (Å²) in [5.41, 5.74) is 1.60. The highest BCUT2D eigenvalue weighted by molar-refractivity contribution is 7.89. The largest absolute Gasteiger partial charge is 0.317 e. The molecule has 0 atom stereocenters. The molecule has 0 amide bonds. The van der Waals surface area contributed by atoms with Crippen LogP contribution in [0.1, 0.15) is 31.7 Å². The lowest BCUT2D eigenvalue weighted by Gasteiger charge is -2.33. The molecule has 1 aliphatic heterocycles. The van der Waals surface area contributed by atoms with Gasteiger partial charge in [-0.3, -0.25) is 4.98 Å². The number of benzene rings is 1. The van der Waals surface area contributed by atoms with Gasteiger partial charge in [0.15, 0.2) is 0 Å². The standard InChI is InChI=1S/C18H25N3O2S/c1-3-11-21(16-7-9-19-10-8-16)24(22,23)17-6-4-5-15-12-14(2)13-20-18(15)17/h4-6,12-13,16,19H,3,7-11H2,1-2H3. The van der Waals surface area contributed by atoms with Crippen LogP contribution in [0.25, 0.3) is 10.9 Å². The number of hydrogen-bond acceptors (Lipinski definition) is 4. The zero-order valence-electron chi connectivity index (χ0n) is 14.3. The van der Waals surface area contributed by atoms with Gasteiger partial charge >= 0.3 is 0 Å². The molecular formula is C18H25N3O2S. The Balaban J connectivity index is 2.07. The molecule has 130 valence electrons. The first-order valence-electron chi connectivity index (χ1n) is 8.62. The molecule has 1 aromatic heterocycles. The highest BCUT2D eigenvalue weighted by Crippen LogP contribution is 2.28. The predicted octanol–water partition coefficient (Wildman–Crippen LogP) is 2.70. The summed E-state index contributed by atoms with van der Waals surface area (Å²) in [5, 5.41) is 4.18. The quantitative estimate of drug-likeness (QED) is 0.903. The molecule has 0 saturated carbocycles. The van der Waals surface area contributed by atoms with Crippen LogP contribution in [-0.2, 0) is 10.0 Å². The maximum atomic E-state index is 13.4. The van der Waals surface area contributed by atoms with E-state index in [1.54, 1.807) is 16.6 Å². The number of sulfonamides is 1. The molecule has 2 aromatic rings. The van der Waals surface area contributed by atoms with Gasteiger partial charge < -0.3 is 5.32 Å². The molecule has 0 spiro atoms. The van der Waals surface area contributed by atoms with Gasteiger partial charge in [0.2, 0.25) is 10.0 Å². The van der Waals surface area contributed by atoms with Crippen LogP contribution in [0.4, 0.5) is 0 Å². The van der Waals surface area contributed by atoms with Crippen molar-refractivity contribution < 1.29 is 8.42 Å². The maximum Gasteiger partial charge on any atom is 0.245 e. The van der Waals surface area contributed by atoms with Gasteiger partial charge in [0.1, 0.15) is 4.90 Å². The number of aryl methyl sites for hydroxylation is 1. The van der Waals surface area contributed by atoms with E-state index in [0.29, 0.717) is 17.0 Å². The third kappa shape index (κ3) is 3.31. The summed E-state index contributed by atoms with van der Waals surface area (Å²) < 4.78 is 28.5. The summed E-state index contributed by atoms with van der Waals surface area (Å²) in [6, 6.07) is 7.46. The summed E-state index contributed by atoms with van der Waals surface area (Å²) in [4.78, 5) is 4.74. The third-order valence-electron chi connectivity index (χ3n) is 4.56. The monoisotopic (exact) mass is 347 g/mol. The fourth-order valence-electron chi connectivity index (χ4n) is 3.39. The van der Waals surface area contributed by atoms with Crippen molar-refractivity contribution in [2.24, 2.45) is 0 Å². The smallest absolute Gasteiger partial charge is 0.245 e. The summed E-state index contributed by atoms with van der Waals surface area (Å²) in [7, 11) is -3.56. The molecule has 2 heterocycles. The SMILES string of the molecule is CCCN(C1CCNCC1)S(=O)(=O)c1cccc2cc(C)cnc12. The second-order valence-electron chi connectivity index (χ2n) is 6.44. The minimum Gasteiger partial charge on any atom is -0.317 e. The van der Waals surface area contributed by atoms with E-state index in [1.165, 1.54) is 0 Å². The van der Waals surface area contributed by atoms with Crippen LogP contribution >= 0.6 is 0 Å². The average Bonchev–Trinajstić information content (AvgIpc) is 2.59.